The lowest BCUT2D eigenvalue weighted by atomic mass is 9.90. The number of pyridine rings is 2. The average molecular weight is 364 g/mol. The van der Waals surface area contributed by atoms with Gasteiger partial charge in [0, 0.05) is 48.8 Å². The lowest BCUT2D eigenvalue weighted by Gasteiger charge is -2.36. The molecule has 27 heavy (non-hydrogen) atoms. The zero-order valence-corrected chi connectivity index (χ0v) is 16.8. The monoisotopic (exact) mass is 363 g/mol. The summed E-state index contributed by atoms with van der Waals surface area (Å²) in [5.41, 5.74) is 5.83. The Bertz CT molecular complexity index is 925. The SMILES string of the molecule is Cc1cc(C[C@H]2CCCN(C(C)c3cc4nn(C)cc4cn3)C2)cc(C)n1. The maximum absolute atomic E-state index is 4.72. The summed E-state index contributed by atoms with van der Waals surface area (Å²) >= 11 is 0. The molecule has 4 rings (SSSR count). The highest BCUT2D eigenvalue weighted by atomic mass is 15.2. The Hall–Kier alpha value is -2.27. The normalized spacial score (nSPS) is 19.5. The van der Waals surface area contributed by atoms with E-state index in [1.54, 1.807) is 0 Å². The third kappa shape index (κ3) is 4.03. The minimum atomic E-state index is 0.320. The fourth-order valence-corrected chi connectivity index (χ4v) is 4.46. The Labute approximate surface area is 161 Å². The van der Waals surface area contributed by atoms with Crippen molar-refractivity contribution in [1.82, 2.24) is 24.6 Å². The van der Waals surface area contributed by atoms with Crippen LogP contribution in [0.1, 0.15) is 48.5 Å². The number of hydrogen-bond donors (Lipinski definition) is 0. The number of aryl methyl sites for hydroxylation is 3. The summed E-state index contributed by atoms with van der Waals surface area (Å²) in [5, 5.41) is 5.65. The zero-order chi connectivity index (χ0) is 19.0. The highest BCUT2D eigenvalue weighted by Gasteiger charge is 2.25. The van der Waals surface area contributed by atoms with E-state index in [0.717, 1.165) is 47.5 Å². The molecule has 1 aliphatic heterocycles. The maximum atomic E-state index is 4.72. The van der Waals surface area contributed by atoms with Gasteiger partial charge >= 0.3 is 0 Å². The van der Waals surface area contributed by atoms with Gasteiger partial charge in [-0.2, -0.15) is 5.10 Å². The first kappa shape index (κ1) is 18.1. The minimum absolute atomic E-state index is 0.320. The Morgan fingerprint density at radius 2 is 1.96 bits per heavy atom. The van der Waals surface area contributed by atoms with Gasteiger partial charge in [-0.1, -0.05) is 0 Å². The van der Waals surface area contributed by atoms with Crippen LogP contribution in [0, 0.1) is 19.8 Å². The van der Waals surface area contributed by atoms with E-state index in [1.165, 1.54) is 18.4 Å². The van der Waals surface area contributed by atoms with Crippen LogP contribution in [0.4, 0.5) is 0 Å². The van der Waals surface area contributed by atoms with Crippen molar-refractivity contribution in [2.75, 3.05) is 13.1 Å². The molecule has 1 fully saturated rings. The molecule has 2 atom stereocenters. The first-order chi connectivity index (χ1) is 13.0. The number of hydrogen-bond acceptors (Lipinski definition) is 4. The highest BCUT2D eigenvalue weighted by molar-refractivity contribution is 5.77. The molecule has 1 unspecified atom stereocenters. The molecule has 5 heteroatoms. The third-order valence-corrected chi connectivity index (χ3v) is 5.72. The van der Waals surface area contributed by atoms with Crippen LogP contribution >= 0.6 is 0 Å². The number of nitrogens with zero attached hydrogens (tertiary/aromatic N) is 5. The highest BCUT2D eigenvalue weighted by Crippen LogP contribution is 2.28. The van der Waals surface area contributed by atoms with E-state index in [-0.39, 0.29) is 0 Å². The molecule has 1 aliphatic rings. The summed E-state index contributed by atoms with van der Waals surface area (Å²) in [4.78, 5) is 11.8. The molecule has 0 aromatic carbocycles. The van der Waals surface area contributed by atoms with Crippen LogP contribution < -0.4 is 0 Å². The van der Waals surface area contributed by atoms with Gasteiger partial charge in [0.25, 0.3) is 0 Å². The molecule has 0 N–H and O–H groups in total. The van der Waals surface area contributed by atoms with Crippen molar-refractivity contribution < 1.29 is 0 Å². The second-order valence-electron chi connectivity index (χ2n) is 8.11. The molecule has 0 amide bonds. The lowest BCUT2D eigenvalue weighted by Crippen LogP contribution is -2.38. The Morgan fingerprint density at radius 3 is 2.74 bits per heavy atom. The second kappa shape index (κ2) is 7.39. The van der Waals surface area contributed by atoms with Crippen LogP contribution in [-0.2, 0) is 13.5 Å². The second-order valence-corrected chi connectivity index (χ2v) is 8.11. The number of likely N-dealkylation sites (tertiary alicyclic amines) is 1. The van der Waals surface area contributed by atoms with Crippen molar-refractivity contribution in [2.45, 2.75) is 46.1 Å². The van der Waals surface area contributed by atoms with Crippen LogP contribution in [-0.4, -0.2) is 37.7 Å². The van der Waals surface area contributed by atoms with Gasteiger partial charge in [0.05, 0.1) is 11.2 Å². The van der Waals surface area contributed by atoms with Gasteiger partial charge < -0.3 is 0 Å². The molecular formula is C22H29N5. The van der Waals surface area contributed by atoms with Crippen molar-refractivity contribution >= 4 is 10.9 Å². The van der Waals surface area contributed by atoms with Crippen LogP contribution in [0.25, 0.3) is 10.9 Å². The van der Waals surface area contributed by atoms with E-state index >= 15 is 0 Å². The lowest BCUT2D eigenvalue weighted by molar-refractivity contribution is 0.129. The molecule has 0 bridgehead atoms. The van der Waals surface area contributed by atoms with Crippen molar-refractivity contribution in [2.24, 2.45) is 13.0 Å². The summed E-state index contributed by atoms with van der Waals surface area (Å²) in [6.07, 6.45) is 7.67. The molecule has 4 heterocycles. The molecule has 1 saturated heterocycles. The predicted molar refractivity (Wildman–Crippen MR) is 109 cm³/mol. The topological polar surface area (TPSA) is 46.8 Å². The first-order valence-corrected chi connectivity index (χ1v) is 9.95. The standard InChI is InChI=1S/C22H29N5/c1-15-8-19(9-16(2)24-15)10-18-6-5-7-27(13-18)17(3)21-11-22-20(12-23-21)14-26(4)25-22/h8-9,11-12,14,17-18H,5-7,10,13H2,1-4H3/t17?,18-/m1/s1. The number of aromatic nitrogens is 4. The number of piperidine rings is 1. The van der Waals surface area contributed by atoms with Crippen LogP contribution in [0.5, 0.6) is 0 Å². The number of fused-ring (bicyclic) bond motifs is 1. The van der Waals surface area contributed by atoms with Gasteiger partial charge in [-0.25, -0.2) is 0 Å². The van der Waals surface area contributed by atoms with Crippen molar-refractivity contribution in [3.05, 3.63) is 53.2 Å². The van der Waals surface area contributed by atoms with Crippen LogP contribution in [0.15, 0.2) is 30.6 Å². The zero-order valence-electron chi connectivity index (χ0n) is 16.8. The largest absolute Gasteiger partial charge is 0.295 e. The van der Waals surface area contributed by atoms with Crippen molar-refractivity contribution in [3.63, 3.8) is 0 Å². The Kier molecular flexibility index (Phi) is 4.96. The van der Waals surface area contributed by atoms with Gasteiger partial charge in [0.2, 0.25) is 0 Å². The fraction of sp³-hybridized carbons (Fsp3) is 0.500. The van der Waals surface area contributed by atoms with Gasteiger partial charge in [-0.15, -0.1) is 0 Å². The summed E-state index contributed by atoms with van der Waals surface area (Å²) < 4.78 is 1.86. The van der Waals surface area contributed by atoms with E-state index in [4.69, 9.17) is 4.98 Å². The molecule has 0 spiro atoms. The molecule has 3 aromatic rings. The molecule has 0 saturated carbocycles. The van der Waals surface area contributed by atoms with Crippen LogP contribution in [0.2, 0.25) is 0 Å². The van der Waals surface area contributed by atoms with E-state index in [9.17, 15) is 0 Å². The summed E-state index contributed by atoms with van der Waals surface area (Å²) in [5.74, 6) is 0.695. The van der Waals surface area contributed by atoms with Gasteiger partial charge in [-0.3, -0.25) is 19.5 Å². The molecule has 142 valence electrons. The van der Waals surface area contributed by atoms with Gasteiger partial charge in [0.15, 0.2) is 0 Å². The molecule has 0 aliphatic carbocycles. The molecule has 5 nitrogen and oxygen atoms in total. The summed E-state index contributed by atoms with van der Waals surface area (Å²) in [6.45, 7) is 8.73. The van der Waals surface area contributed by atoms with Crippen molar-refractivity contribution in [1.29, 1.82) is 0 Å². The van der Waals surface area contributed by atoms with Crippen LogP contribution in [0.3, 0.4) is 0 Å². The first-order valence-electron chi connectivity index (χ1n) is 9.95. The van der Waals surface area contributed by atoms with E-state index in [2.05, 4.69) is 54.0 Å². The molecular weight excluding hydrogens is 334 g/mol. The fourth-order valence-electron chi connectivity index (χ4n) is 4.46. The molecule has 3 aromatic heterocycles. The smallest absolute Gasteiger partial charge is 0.0957 e. The Morgan fingerprint density at radius 1 is 1.19 bits per heavy atom. The average Bonchev–Trinajstić information content (AvgIpc) is 2.99. The third-order valence-electron chi connectivity index (χ3n) is 5.72. The van der Waals surface area contributed by atoms with E-state index in [1.807, 2.05) is 24.1 Å². The Balaban J connectivity index is 1.47. The van der Waals surface area contributed by atoms with Crippen molar-refractivity contribution in [3.8, 4) is 0 Å². The summed E-state index contributed by atoms with van der Waals surface area (Å²) in [7, 11) is 1.96. The van der Waals surface area contributed by atoms with E-state index < -0.39 is 0 Å². The predicted octanol–water partition coefficient (Wildman–Crippen LogP) is 4.00. The van der Waals surface area contributed by atoms with Gasteiger partial charge in [-0.05, 0) is 76.3 Å². The maximum Gasteiger partial charge on any atom is 0.0957 e. The van der Waals surface area contributed by atoms with E-state index in [0.29, 0.717) is 12.0 Å². The summed E-state index contributed by atoms with van der Waals surface area (Å²) in [6, 6.07) is 6.96. The molecule has 0 radical (unpaired) electrons. The minimum Gasteiger partial charge on any atom is -0.295 e. The number of rotatable bonds is 4. The quantitative estimate of drug-likeness (QED) is 0.703. The van der Waals surface area contributed by atoms with Gasteiger partial charge in [0.1, 0.15) is 0 Å².